The Morgan fingerprint density at radius 2 is 1.29 bits per heavy atom. The first-order valence-electron chi connectivity index (χ1n) is 8.97. The lowest BCUT2D eigenvalue weighted by Crippen LogP contribution is -2.48. The summed E-state index contributed by atoms with van der Waals surface area (Å²) in [6.45, 7) is 1.26. The highest BCUT2D eigenvalue weighted by molar-refractivity contribution is 7.13. The molecule has 1 aliphatic rings. The predicted molar refractivity (Wildman–Crippen MR) is 113 cm³/mol. The van der Waals surface area contributed by atoms with E-state index in [0.717, 1.165) is 41.0 Å². The molecule has 0 N–H and O–H groups in total. The maximum absolute atomic E-state index is 14.9. The van der Waals surface area contributed by atoms with Crippen LogP contribution in [0.1, 0.15) is 25.8 Å². The van der Waals surface area contributed by atoms with Gasteiger partial charge in [-0.25, -0.2) is 0 Å². The van der Waals surface area contributed by atoms with Crippen molar-refractivity contribution in [2.24, 2.45) is 0 Å². The van der Waals surface area contributed by atoms with E-state index in [4.69, 9.17) is 21.0 Å². The summed E-state index contributed by atoms with van der Waals surface area (Å²) in [4.78, 5) is 0.106. The van der Waals surface area contributed by atoms with Gasteiger partial charge in [-0.3, -0.25) is 0 Å². The van der Waals surface area contributed by atoms with Crippen molar-refractivity contribution in [1.82, 2.24) is 0 Å². The number of nitriles is 4. The first kappa shape index (κ1) is 24.8. The lowest BCUT2D eigenvalue weighted by Gasteiger charge is -2.25. The molecule has 3 rings (SSSR count). The van der Waals surface area contributed by atoms with Crippen molar-refractivity contribution >= 4 is 46.0 Å². The molecule has 34 heavy (non-hydrogen) atoms. The van der Waals surface area contributed by atoms with E-state index >= 15 is 0 Å². The van der Waals surface area contributed by atoms with E-state index in [0.29, 0.717) is 11.3 Å². The number of thiophene rings is 2. The number of hydrogen-bond acceptors (Lipinski definition) is 6. The van der Waals surface area contributed by atoms with Crippen LogP contribution in [0.2, 0.25) is 0 Å². The zero-order valence-electron chi connectivity index (χ0n) is 16.8. The van der Waals surface area contributed by atoms with Crippen molar-refractivity contribution in [3.63, 3.8) is 0 Å². The third-order valence-corrected chi connectivity index (χ3v) is 6.71. The van der Waals surface area contributed by atoms with Crippen molar-refractivity contribution < 1.29 is 26.3 Å². The lowest BCUT2D eigenvalue weighted by molar-refractivity contribution is -0.254. The number of allylic oxidation sites excluding steroid dienone is 4. The van der Waals surface area contributed by atoms with Gasteiger partial charge in [0.1, 0.15) is 35.4 Å². The van der Waals surface area contributed by atoms with Crippen LogP contribution in [0.15, 0.2) is 28.7 Å². The molecule has 0 radical (unpaired) electrons. The SMILES string of the molecule is Cc1sc(C=C(C#N)C#N)cc1C1=C(c2csc(C=C(C#N)C#N)c2)C(F)(F)C(F)(F)C1(F)F. The van der Waals surface area contributed by atoms with Gasteiger partial charge in [-0.2, -0.15) is 47.4 Å². The monoisotopic (exact) mass is 506 g/mol. The van der Waals surface area contributed by atoms with E-state index in [1.807, 2.05) is 0 Å². The summed E-state index contributed by atoms with van der Waals surface area (Å²) < 4.78 is 88.4. The van der Waals surface area contributed by atoms with Gasteiger partial charge in [-0.1, -0.05) is 0 Å². The van der Waals surface area contributed by atoms with Crippen molar-refractivity contribution in [2.45, 2.75) is 24.7 Å². The summed E-state index contributed by atoms with van der Waals surface area (Å²) in [6.07, 6.45) is 2.05. The van der Waals surface area contributed by atoms with E-state index < -0.39 is 51.2 Å². The Bertz CT molecular complexity index is 1410. The summed E-state index contributed by atoms with van der Waals surface area (Å²) >= 11 is 1.47. The topological polar surface area (TPSA) is 95.2 Å². The van der Waals surface area contributed by atoms with Gasteiger partial charge in [0.2, 0.25) is 0 Å². The Kier molecular flexibility index (Phi) is 6.20. The molecule has 0 bridgehead atoms. The minimum Gasteiger partial charge on any atom is -0.194 e. The summed E-state index contributed by atoms with van der Waals surface area (Å²) in [7, 11) is 0. The molecule has 0 saturated heterocycles. The number of alkyl halides is 6. The van der Waals surface area contributed by atoms with Gasteiger partial charge in [0, 0.05) is 25.8 Å². The van der Waals surface area contributed by atoms with E-state index in [1.165, 1.54) is 6.92 Å². The molecule has 0 saturated carbocycles. The van der Waals surface area contributed by atoms with Gasteiger partial charge in [-0.15, -0.1) is 22.7 Å². The third-order valence-electron chi connectivity index (χ3n) is 4.84. The Morgan fingerprint density at radius 1 is 0.794 bits per heavy atom. The lowest BCUT2D eigenvalue weighted by atomic mass is 9.96. The van der Waals surface area contributed by atoms with Crippen LogP contribution in [0.3, 0.4) is 0 Å². The molecule has 170 valence electrons. The van der Waals surface area contributed by atoms with Gasteiger partial charge >= 0.3 is 17.8 Å². The van der Waals surface area contributed by atoms with Crippen LogP contribution in [0.25, 0.3) is 23.3 Å². The molecule has 2 heterocycles. The van der Waals surface area contributed by atoms with E-state index in [1.54, 1.807) is 24.3 Å². The highest BCUT2D eigenvalue weighted by atomic mass is 32.1. The number of rotatable bonds is 4. The molecule has 0 fully saturated rings. The molecule has 4 nitrogen and oxygen atoms in total. The van der Waals surface area contributed by atoms with Crippen LogP contribution < -0.4 is 0 Å². The van der Waals surface area contributed by atoms with Crippen LogP contribution in [0, 0.1) is 52.2 Å². The van der Waals surface area contributed by atoms with Crippen molar-refractivity contribution in [1.29, 1.82) is 21.0 Å². The second-order valence-corrected chi connectivity index (χ2v) is 9.12. The minimum absolute atomic E-state index is 0.00579. The van der Waals surface area contributed by atoms with Crippen LogP contribution in [0.4, 0.5) is 26.3 Å². The molecule has 12 heteroatoms. The van der Waals surface area contributed by atoms with E-state index in [9.17, 15) is 26.3 Å². The zero-order valence-corrected chi connectivity index (χ0v) is 18.4. The minimum atomic E-state index is -5.75. The molecule has 0 unspecified atom stereocenters. The smallest absolute Gasteiger partial charge is 0.194 e. The molecule has 0 spiro atoms. The molecule has 1 aliphatic carbocycles. The summed E-state index contributed by atoms with van der Waals surface area (Å²) in [6, 6.07) is 8.09. The largest absolute Gasteiger partial charge is 0.380 e. The van der Waals surface area contributed by atoms with E-state index in [2.05, 4.69) is 0 Å². The van der Waals surface area contributed by atoms with Gasteiger partial charge in [-0.05, 0) is 47.7 Å². The summed E-state index contributed by atoms with van der Waals surface area (Å²) in [5, 5.41) is 36.4. The standard InChI is InChI=1S/C22H8F6N4S2/c1-11-17(5-16(34-11)3-13(8-31)9-32)19-18(20(23,24)22(27,28)21(19,25)26)14-4-15(33-10-14)2-12(6-29)7-30/h2-5,10H,1H3. The molecule has 0 atom stereocenters. The third kappa shape index (κ3) is 3.68. The molecular weight excluding hydrogens is 498 g/mol. The number of aryl methyl sites for hydroxylation is 1. The van der Waals surface area contributed by atoms with Gasteiger partial charge in [0.05, 0.1) is 0 Å². The Labute approximate surface area is 196 Å². The molecule has 0 amide bonds. The second kappa shape index (κ2) is 8.50. The molecule has 2 aromatic rings. The average Bonchev–Trinajstić information content (AvgIpc) is 3.41. The van der Waals surface area contributed by atoms with Crippen LogP contribution in [-0.4, -0.2) is 17.8 Å². The Hall–Kier alpha value is -3.84. The fraction of sp³-hybridized carbons (Fsp3) is 0.182. The second-order valence-electron chi connectivity index (χ2n) is 6.89. The van der Waals surface area contributed by atoms with E-state index in [-0.39, 0.29) is 14.6 Å². The maximum Gasteiger partial charge on any atom is 0.380 e. The molecule has 0 aromatic carbocycles. The first-order chi connectivity index (χ1) is 15.8. The predicted octanol–water partition coefficient (Wildman–Crippen LogP) is 6.81. The summed E-state index contributed by atoms with van der Waals surface area (Å²) in [5.41, 5.74) is -5.11. The van der Waals surface area contributed by atoms with Gasteiger partial charge in [0.15, 0.2) is 0 Å². The molecule has 0 aliphatic heterocycles. The van der Waals surface area contributed by atoms with Crippen molar-refractivity contribution in [3.8, 4) is 24.3 Å². The number of halogens is 6. The first-order valence-corrected chi connectivity index (χ1v) is 10.7. The van der Waals surface area contributed by atoms with Crippen LogP contribution in [-0.2, 0) is 0 Å². The normalized spacial score (nSPS) is 17.1. The summed E-state index contributed by atoms with van der Waals surface area (Å²) in [5.74, 6) is -16.3. The highest BCUT2D eigenvalue weighted by Gasteiger charge is 2.80. The zero-order chi connectivity index (χ0) is 25.5. The van der Waals surface area contributed by atoms with Gasteiger partial charge in [0.25, 0.3) is 0 Å². The van der Waals surface area contributed by atoms with Gasteiger partial charge < -0.3 is 0 Å². The van der Waals surface area contributed by atoms with Crippen molar-refractivity contribution in [2.75, 3.05) is 0 Å². The van der Waals surface area contributed by atoms with Crippen LogP contribution in [0.5, 0.6) is 0 Å². The number of nitrogens with zero attached hydrogens (tertiary/aromatic N) is 4. The molecular formula is C22H8F6N4S2. The Balaban J connectivity index is 2.33. The highest BCUT2D eigenvalue weighted by Crippen LogP contribution is 2.65. The Morgan fingerprint density at radius 3 is 1.82 bits per heavy atom. The molecule has 2 aromatic heterocycles. The number of hydrogen-bond donors (Lipinski definition) is 0. The fourth-order valence-corrected chi connectivity index (χ4v) is 5.11. The quantitative estimate of drug-likeness (QED) is 0.336. The maximum atomic E-state index is 14.9. The average molecular weight is 506 g/mol. The fourth-order valence-electron chi connectivity index (χ4n) is 3.30. The van der Waals surface area contributed by atoms with Crippen LogP contribution >= 0.6 is 22.7 Å². The van der Waals surface area contributed by atoms with Crippen molar-refractivity contribution in [3.05, 3.63) is 54.4 Å².